The Morgan fingerprint density at radius 3 is 2.85 bits per heavy atom. The summed E-state index contributed by atoms with van der Waals surface area (Å²) in [7, 11) is 1.66. The predicted octanol–water partition coefficient (Wildman–Crippen LogP) is 0.544. The molecule has 1 heterocycles. The van der Waals surface area contributed by atoms with Crippen molar-refractivity contribution >= 4 is 23.2 Å². The van der Waals surface area contributed by atoms with Gasteiger partial charge in [-0.2, -0.15) is 0 Å². The molecule has 20 heavy (non-hydrogen) atoms. The van der Waals surface area contributed by atoms with Crippen LogP contribution in [0.4, 0.5) is 0 Å². The van der Waals surface area contributed by atoms with E-state index in [-0.39, 0.29) is 5.91 Å². The minimum Gasteiger partial charge on any atom is -0.497 e. The maximum absolute atomic E-state index is 11.3. The minimum atomic E-state index is 0.0237. The first kappa shape index (κ1) is 14.6. The number of rotatable bonds is 4. The topological polar surface area (TPSA) is 53.6 Å². The molecular formula is C14H19N3O2S. The molecule has 1 fully saturated rings. The average Bonchev–Trinajstić information content (AvgIpc) is 2.48. The maximum Gasteiger partial charge on any atom is 0.239 e. The molecule has 5 nitrogen and oxygen atoms in total. The molecule has 1 aliphatic heterocycles. The van der Waals surface area contributed by atoms with Crippen LogP contribution >= 0.6 is 12.2 Å². The van der Waals surface area contributed by atoms with E-state index in [2.05, 4.69) is 10.6 Å². The Hall–Kier alpha value is -1.82. The summed E-state index contributed by atoms with van der Waals surface area (Å²) < 4.78 is 5.12. The summed E-state index contributed by atoms with van der Waals surface area (Å²) >= 11 is 5.30. The Bertz CT molecular complexity index is 476. The van der Waals surface area contributed by atoms with Crippen molar-refractivity contribution in [2.45, 2.75) is 6.42 Å². The monoisotopic (exact) mass is 293 g/mol. The molecule has 0 aliphatic carbocycles. The summed E-state index contributed by atoms with van der Waals surface area (Å²) in [5.74, 6) is 0.882. The van der Waals surface area contributed by atoms with Gasteiger partial charge in [-0.3, -0.25) is 4.79 Å². The van der Waals surface area contributed by atoms with Crippen molar-refractivity contribution in [3.8, 4) is 5.75 Å². The highest BCUT2D eigenvalue weighted by Crippen LogP contribution is 2.11. The smallest absolute Gasteiger partial charge is 0.239 e. The van der Waals surface area contributed by atoms with Crippen LogP contribution in [0.3, 0.4) is 0 Å². The number of thiocarbonyl (C=S) groups is 1. The number of nitrogens with zero attached hydrogens (tertiary/aromatic N) is 1. The molecule has 0 radical (unpaired) electrons. The van der Waals surface area contributed by atoms with E-state index in [1.54, 1.807) is 7.11 Å². The third-order valence-corrected chi connectivity index (χ3v) is 3.58. The Labute approximate surface area is 124 Å². The van der Waals surface area contributed by atoms with Gasteiger partial charge in [0.25, 0.3) is 0 Å². The van der Waals surface area contributed by atoms with Gasteiger partial charge in [0, 0.05) is 19.6 Å². The van der Waals surface area contributed by atoms with Crippen LogP contribution in [0.25, 0.3) is 0 Å². The lowest BCUT2D eigenvalue weighted by Crippen LogP contribution is -2.53. The molecule has 0 aromatic heterocycles. The zero-order valence-corrected chi connectivity index (χ0v) is 12.3. The lowest BCUT2D eigenvalue weighted by atomic mass is 10.1. The molecule has 0 atom stereocenters. The number of amides is 1. The standard InChI is InChI=1S/C14H19N3O2S/c1-19-12-4-2-11(3-5-12)6-7-16-14(20)17-9-8-15-13(18)10-17/h2-5H,6-10H2,1H3,(H,15,18)(H,16,20). The number of piperazine rings is 1. The Balaban J connectivity index is 1.74. The van der Waals surface area contributed by atoms with Gasteiger partial charge in [-0.05, 0) is 36.3 Å². The van der Waals surface area contributed by atoms with Crippen LogP contribution in [-0.4, -0.2) is 49.2 Å². The van der Waals surface area contributed by atoms with E-state index in [0.29, 0.717) is 18.2 Å². The molecule has 2 rings (SSSR count). The SMILES string of the molecule is COc1ccc(CCNC(=S)N2CCNC(=O)C2)cc1. The summed E-state index contributed by atoms with van der Waals surface area (Å²) in [5.41, 5.74) is 1.22. The fourth-order valence-electron chi connectivity index (χ4n) is 2.03. The molecule has 1 saturated heterocycles. The molecule has 108 valence electrons. The van der Waals surface area contributed by atoms with Crippen LogP contribution in [0.15, 0.2) is 24.3 Å². The van der Waals surface area contributed by atoms with E-state index in [0.717, 1.165) is 25.3 Å². The number of carbonyl (C=O) groups excluding carboxylic acids is 1. The highest BCUT2D eigenvalue weighted by atomic mass is 32.1. The molecule has 1 aromatic carbocycles. The number of benzene rings is 1. The number of methoxy groups -OCH3 is 1. The quantitative estimate of drug-likeness (QED) is 0.794. The van der Waals surface area contributed by atoms with E-state index >= 15 is 0 Å². The number of hydrogen-bond donors (Lipinski definition) is 2. The number of nitrogens with one attached hydrogen (secondary N) is 2. The number of carbonyl (C=O) groups is 1. The van der Waals surface area contributed by atoms with Gasteiger partial charge in [-0.1, -0.05) is 12.1 Å². The third kappa shape index (κ3) is 4.09. The Kier molecular flexibility index (Phi) is 5.17. The zero-order chi connectivity index (χ0) is 14.4. The summed E-state index contributed by atoms with van der Waals surface area (Å²) in [5, 5.41) is 6.62. The van der Waals surface area contributed by atoms with Crippen molar-refractivity contribution in [1.82, 2.24) is 15.5 Å². The normalized spacial score (nSPS) is 14.7. The van der Waals surface area contributed by atoms with Crippen LogP contribution in [0.5, 0.6) is 5.75 Å². The molecule has 0 saturated carbocycles. The largest absolute Gasteiger partial charge is 0.497 e. The van der Waals surface area contributed by atoms with Crippen LogP contribution < -0.4 is 15.4 Å². The van der Waals surface area contributed by atoms with Crippen LogP contribution in [0.1, 0.15) is 5.56 Å². The van der Waals surface area contributed by atoms with Gasteiger partial charge in [0.05, 0.1) is 13.7 Å². The van der Waals surface area contributed by atoms with Crippen LogP contribution in [0, 0.1) is 0 Å². The van der Waals surface area contributed by atoms with Gasteiger partial charge in [0.1, 0.15) is 5.75 Å². The first-order valence-corrected chi connectivity index (χ1v) is 7.02. The summed E-state index contributed by atoms with van der Waals surface area (Å²) in [6.07, 6.45) is 0.879. The van der Waals surface area contributed by atoms with Crippen molar-refractivity contribution in [2.75, 3.05) is 33.3 Å². The van der Waals surface area contributed by atoms with Crippen LogP contribution in [0.2, 0.25) is 0 Å². The first-order chi connectivity index (χ1) is 9.69. The van der Waals surface area contributed by atoms with Crippen molar-refractivity contribution < 1.29 is 9.53 Å². The molecule has 1 aliphatic rings. The molecule has 1 amide bonds. The van der Waals surface area contributed by atoms with Crippen molar-refractivity contribution in [1.29, 1.82) is 0 Å². The van der Waals surface area contributed by atoms with E-state index in [9.17, 15) is 4.79 Å². The first-order valence-electron chi connectivity index (χ1n) is 6.61. The molecule has 0 bridgehead atoms. The van der Waals surface area contributed by atoms with Crippen molar-refractivity contribution in [2.24, 2.45) is 0 Å². The molecule has 2 N–H and O–H groups in total. The average molecular weight is 293 g/mol. The summed E-state index contributed by atoms with van der Waals surface area (Å²) in [4.78, 5) is 13.2. The molecule has 1 aromatic rings. The van der Waals surface area contributed by atoms with Gasteiger partial charge >= 0.3 is 0 Å². The zero-order valence-electron chi connectivity index (χ0n) is 11.5. The Morgan fingerprint density at radius 1 is 1.45 bits per heavy atom. The molecule has 0 spiro atoms. The Morgan fingerprint density at radius 2 is 2.20 bits per heavy atom. The van der Waals surface area contributed by atoms with Gasteiger partial charge in [-0.15, -0.1) is 0 Å². The van der Waals surface area contributed by atoms with E-state index in [1.807, 2.05) is 29.2 Å². The van der Waals surface area contributed by atoms with Crippen LogP contribution in [-0.2, 0) is 11.2 Å². The van der Waals surface area contributed by atoms with Gasteiger partial charge in [0.2, 0.25) is 5.91 Å². The second-order valence-electron chi connectivity index (χ2n) is 4.60. The summed E-state index contributed by atoms with van der Waals surface area (Å²) in [6, 6.07) is 7.97. The highest BCUT2D eigenvalue weighted by molar-refractivity contribution is 7.80. The second kappa shape index (κ2) is 7.09. The molecule has 0 unspecified atom stereocenters. The van der Waals surface area contributed by atoms with Gasteiger partial charge in [-0.25, -0.2) is 0 Å². The van der Waals surface area contributed by atoms with Gasteiger partial charge < -0.3 is 20.3 Å². The van der Waals surface area contributed by atoms with E-state index in [1.165, 1.54) is 5.56 Å². The summed E-state index contributed by atoms with van der Waals surface area (Å²) in [6.45, 7) is 2.51. The van der Waals surface area contributed by atoms with Gasteiger partial charge in [0.15, 0.2) is 5.11 Å². The second-order valence-corrected chi connectivity index (χ2v) is 4.99. The fraction of sp³-hybridized carbons (Fsp3) is 0.429. The molecule has 6 heteroatoms. The number of ether oxygens (including phenoxy) is 1. The third-order valence-electron chi connectivity index (χ3n) is 3.17. The van der Waals surface area contributed by atoms with Crippen molar-refractivity contribution in [3.05, 3.63) is 29.8 Å². The van der Waals surface area contributed by atoms with E-state index in [4.69, 9.17) is 17.0 Å². The fourth-order valence-corrected chi connectivity index (χ4v) is 2.29. The predicted molar refractivity (Wildman–Crippen MR) is 81.9 cm³/mol. The number of hydrogen-bond acceptors (Lipinski definition) is 3. The lowest BCUT2D eigenvalue weighted by Gasteiger charge is -2.29. The van der Waals surface area contributed by atoms with Crippen molar-refractivity contribution in [3.63, 3.8) is 0 Å². The lowest BCUT2D eigenvalue weighted by molar-refractivity contribution is -0.122. The minimum absolute atomic E-state index is 0.0237. The van der Waals surface area contributed by atoms with E-state index < -0.39 is 0 Å². The maximum atomic E-state index is 11.3. The molecular weight excluding hydrogens is 274 g/mol. The highest BCUT2D eigenvalue weighted by Gasteiger charge is 2.17.